The van der Waals surface area contributed by atoms with Crippen LogP contribution in [-0.2, 0) is 6.42 Å². The number of carbonyl (C=O) groups excluding carboxylic acids is 1. The number of benzene rings is 2. The number of fused-ring (bicyclic) bond motifs is 3. The largest absolute Gasteiger partial charge is 0.350 e. The first-order valence-electron chi connectivity index (χ1n) is 7.31. The molecule has 0 saturated carbocycles. The van der Waals surface area contributed by atoms with Gasteiger partial charge < -0.3 is 10.3 Å². The van der Waals surface area contributed by atoms with Gasteiger partial charge in [-0.15, -0.1) is 0 Å². The lowest BCUT2D eigenvalue weighted by molar-refractivity contribution is 0.0942. The topological polar surface area (TPSA) is 44.9 Å². The molecule has 0 spiro atoms. The molecule has 106 valence electrons. The quantitative estimate of drug-likeness (QED) is 0.613. The zero-order valence-corrected chi connectivity index (χ0v) is 11.9. The molecule has 2 N–H and O–H groups in total. The number of aromatic nitrogens is 1. The Labute approximate surface area is 128 Å². The summed E-state index contributed by atoms with van der Waals surface area (Å²) < 4.78 is 0. The van der Waals surface area contributed by atoms with Crippen LogP contribution in [0.4, 0.5) is 0 Å². The maximum absolute atomic E-state index is 11.9. The van der Waals surface area contributed by atoms with Crippen LogP contribution < -0.4 is 5.32 Å². The number of carbonyl (C=O) groups is 1. The number of H-pyrrole nitrogens is 1. The summed E-state index contributed by atoms with van der Waals surface area (Å²) in [6, 6.07) is 16.0. The molecule has 0 radical (unpaired) electrons. The molecular formula is C19H14N2O. The number of aromatic amines is 1. The molecule has 1 aliphatic heterocycles. The lowest BCUT2D eigenvalue weighted by Crippen LogP contribution is -2.31. The van der Waals surface area contributed by atoms with E-state index in [1.54, 1.807) is 0 Å². The Balaban J connectivity index is 1.76. The highest BCUT2D eigenvalue weighted by atomic mass is 16.1. The highest BCUT2D eigenvalue weighted by Gasteiger charge is 2.21. The van der Waals surface area contributed by atoms with Gasteiger partial charge in [0.15, 0.2) is 0 Å². The first-order chi connectivity index (χ1) is 10.8. The predicted molar refractivity (Wildman–Crippen MR) is 86.8 cm³/mol. The highest BCUT2D eigenvalue weighted by Crippen LogP contribution is 2.25. The zero-order valence-electron chi connectivity index (χ0n) is 11.9. The van der Waals surface area contributed by atoms with Crippen molar-refractivity contribution in [2.75, 3.05) is 6.54 Å². The van der Waals surface area contributed by atoms with Crippen molar-refractivity contribution in [3.63, 3.8) is 0 Å². The van der Waals surface area contributed by atoms with Crippen molar-refractivity contribution in [1.29, 1.82) is 0 Å². The van der Waals surface area contributed by atoms with Gasteiger partial charge in [0, 0.05) is 28.6 Å². The Hall–Kier alpha value is -2.99. The Morgan fingerprint density at radius 2 is 1.77 bits per heavy atom. The molecule has 1 amide bonds. The first-order valence-corrected chi connectivity index (χ1v) is 7.31. The SMILES string of the molecule is O=C1NCCc2c1[nH]c1cc(C#Cc3ccccc3)ccc21. The molecule has 0 unspecified atom stereocenters. The fourth-order valence-electron chi connectivity index (χ4n) is 2.84. The van der Waals surface area contributed by atoms with E-state index in [0.29, 0.717) is 12.2 Å². The summed E-state index contributed by atoms with van der Waals surface area (Å²) in [6.07, 6.45) is 0.871. The molecule has 0 fully saturated rings. The molecule has 4 rings (SSSR count). The average molecular weight is 286 g/mol. The maximum atomic E-state index is 11.9. The van der Waals surface area contributed by atoms with Crippen molar-refractivity contribution in [2.45, 2.75) is 6.42 Å². The Kier molecular flexibility index (Phi) is 2.94. The van der Waals surface area contributed by atoms with Crippen LogP contribution in [0, 0.1) is 11.8 Å². The van der Waals surface area contributed by atoms with Gasteiger partial charge in [0.1, 0.15) is 5.69 Å². The van der Waals surface area contributed by atoms with Crippen LogP contribution in [0.2, 0.25) is 0 Å². The van der Waals surface area contributed by atoms with E-state index < -0.39 is 0 Å². The number of hydrogen-bond acceptors (Lipinski definition) is 1. The van der Waals surface area contributed by atoms with E-state index in [-0.39, 0.29) is 5.91 Å². The monoisotopic (exact) mass is 286 g/mol. The van der Waals surface area contributed by atoms with Gasteiger partial charge in [-0.2, -0.15) is 0 Å². The third-order valence-electron chi connectivity index (χ3n) is 3.92. The predicted octanol–water partition coefficient (Wildman–Crippen LogP) is 2.85. The van der Waals surface area contributed by atoms with Crippen LogP contribution in [0.25, 0.3) is 10.9 Å². The van der Waals surface area contributed by atoms with Crippen LogP contribution in [0.15, 0.2) is 48.5 Å². The summed E-state index contributed by atoms with van der Waals surface area (Å²) in [5, 5.41) is 3.98. The van der Waals surface area contributed by atoms with E-state index >= 15 is 0 Å². The molecule has 0 bridgehead atoms. The molecule has 0 saturated heterocycles. The smallest absolute Gasteiger partial charge is 0.268 e. The molecule has 3 heteroatoms. The number of hydrogen-bond donors (Lipinski definition) is 2. The van der Waals surface area contributed by atoms with Gasteiger partial charge in [0.05, 0.1) is 0 Å². The zero-order chi connectivity index (χ0) is 14.9. The van der Waals surface area contributed by atoms with Crippen LogP contribution >= 0.6 is 0 Å². The van der Waals surface area contributed by atoms with E-state index in [0.717, 1.165) is 34.0 Å². The average Bonchev–Trinajstić information content (AvgIpc) is 2.93. The minimum Gasteiger partial charge on any atom is -0.350 e. The van der Waals surface area contributed by atoms with Gasteiger partial charge in [0.2, 0.25) is 0 Å². The molecule has 3 aromatic rings. The Morgan fingerprint density at radius 3 is 2.64 bits per heavy atom. The molecule has 1 aromatic heterocycles. The molecule has 0 atom stereocenters. The maximum Gasteiger partial charge on any atom is 0.268 e. The van der Waals surface area contributed by atoms with Crippen LogP contribution in [0.1, 0.15) is 27.2 Å². The van der Waals surface area contributed by atoms with E-state index in [4.69, 9.17) is 0 Å². The summed E-state index contributed by atoms with van der Waals surface area (Å²) >= 11 is 0. The van der Waals surface area contributed by atoms with Gasteiger partial charge in [0.25, 0.3) is 5.91 Å². The van der Waals surface area contributed by atoms with Gasteiger partial charge in [-0.3, -0.25) is 4.79 Å². The van der Waals surface area contributed by atoms with Crippen LogP contribution in [0.5, 0.6) is 0 Å². The Morgan fingerprint density at radius 1 is 0.955 bits per heavy atom. The molecule has 0 aliphatic carbocycles. The summed E-state index contributed by atoms with van der Waals surface area (Å²) in [5.74, 6) is 6.31. The van der Waals surface area contributed by atoms with Crippen LogP contribution in [-0.4, -0.2) is 17.4 Å². The van der Waals surface area contributed by atoms with Crippen molar-refractivity contribution >= 4 is 16.8 Å². The Bertz CT molecular complexity index is 926. The minimum atomic E-state index is -0.0191. The number of amides is 1. The second-order valence-corrected chi connectivity index (χ2v) is 5.36. The standard InChI is InChI=1S/C19H14N2O/c22-19-18-16(10-11-20-19)15-9-8-14(12-17(15)21-18)7-6-13-4-2-1-3-5-13/h1-5,8-9,12,21H,10-11H2,(H,20,22). The third-order valence-corrected chi connectivity index (χ3v) is 3.92. The lowest BCUT2D eigenvalue weighted by Gasteiger charge is -2.11. The minimum absolute atomic E-state index is 0.0191. The van der Waals surface area contributed by atoms with Gasteiger partial charge >= 0.3 is 0 Å². The molecule has 22 heavy (non-hydrogen) atoms. The number of rotatable bonds is 0. The normalized spacial score (nSPS) is 13.2. The van der Waals surface area contributed by atoms with Crippen molar-refractivity contribution in [3.8, 4) is 11.8 Å². The van der Waals surface area contributed by atoms with E-state index in [1.807, 2.05) is 42.5 Å². The van der Waals surface area contributed by atoms with Crippen molar-refractivity contribution in [3.05, 3.63) is 70.9 Å². The van der Waals surface area contributed by atoms with Gasteiger partial charge in [-0.1, -0.05) is 36.1 Å². The molecule has 1 aliphatic rings. The summed E-state index contributed by atoms with van der Waals surface area (Å²) in [6.45, 7) is 0.703. The van der Waals surface area contributed by atoms with Crippen molar-refractivity contribution in [2.24, 2.45) is 0 Å². The lowest BCUT2D eigenvalue weighted by atomic mass is 10.0. The summed E-state index contributed by atoms with van der Waals surface area (Å²) in [5.41, 5.74) is 4.71. The van der Waals surface area contributed by atoms with Crippen LogP contribution in [0.3, 0.4) is 0 Å². The van der Waals surface area contributed by atoms with Crippen molar-refractivity contribution in [1.82, 2.24) is 10.3 Å². The first kappa shape index (κ1) is 12.7. The fourth-order valence-corrected chi connectivity index (χ4v) is 2.84. The molecular weight excluding hydrogens is 272 g/mol. The summed E-state index contributed by atoms with van der Waals surface area (Å²) in [7, 11) is 0. The van der Waals surface area contributed by atoms with Gasteiger partial charge in [-0.05, 0) is 36.2 Å². The van der Waals surface area contributed by atoms with Gasteiger partial charge in [-0.25, -0.2) is 0 Å². The van der Waals surface area contributed by atoms with E-state index in [1.165, 1.54) is 0 Å². The highest BCUT2D eigenvalue weighted by molar-refractivity contribution is 6.02. The molecule has 2 aromatic carbocycles. The van der Waals surface area contributed by atoms with E-state index in [2.05, 4.69) is 28.2 Å². The second-order valence-electron chi connectivity index (χ2n) is 5.36. The van der Waals surface area contributed by atoms with E-state index in [9.17, 15) is 4.79 Å². The molecule has 3 nitrogen and oxygen atoms in total. The molecule has 2 heterocycles. The second kappa shape index (κ2) is 5.09. The summed E-state index contributed by atoms with van der Waals surface area (Å²) in [4.78, 5) is 15.1. The fraction of sp³-hybridized carbons (Fsp3) is 0.105. The third kappa shape index (κ3) is 2.15. The van der Waals surface area contributed by atoms with Crippen molar-refractivity contribution < 1.29 is 4.79 Å². The number of nitrogens with one attached hydrogen (secondary N) is 2.